The minimum atomic E-state index is -0.270. The molecule has 1 aromatic rings. The maximum absolute atomic E-state index is 12.7. The van der Waals surface area contributed by atoms with Crippen LogP contribution in [0.15, 0.2) is 29.2 Å². The number of anilines is 1. The van der Waals surface area contributed by atoms with Crippen molar-refractivity contribution in [2.75, 3.05) is 24.2 Å². The molecule has 5 nitrogen and oxygen atoms in total. The highest BCUT2D eigenvalue weighted by Crippen LogP contribution is 2.28. The number of carbonyl (C=O) groups excluding carboxylic acids is 2. The van der Waals surface area contributed by atoms with E-state index in [2.05, 4.69) is 5.32 Å². The van der Waals surface area contributed by atoms with Gasteiger partial charge < -0.3 is 16.0 Å². The predicted molar refractivity (Wildman–Crippen MR) is 109 cm³/mol. The second-order valence-corrected chi connectivity index (χ2v) is 7.88. The van der Waals surface area contributed by atoms with Gasteiger partial charge in [0.25, 0.3) is 0 Å². The molecule has 1 heterocycles. The molecule has 1 aliphatic carbocycles. The molecule has 1 saturated carbocycles. The third-order valence-corrected chi connectivity index (χ3v) is 6.16. The third kappa shape index (κ3) is 4.72. The fourth-order valence-electron chi connectivity index (χ4n) is 3.88. The molecule has 0 spiro atoms. The highest BCUT2D eigenvalue weighted by Gasteiger charge is 2.36. The van der Waals surface area contributed by atoms with Crippen molar-refractivity contribution in [3.05, 3.63) is 24.3 Å². The second-order valence-electron chi connectivity index (χ2n) is 7.00. The van der Waals surface area contributed by atoms with Crippen molar-refractivity contribution in [3.63, 3.8) is 0 Å². The lowest BCUT2D eigenvalue weighted by Gasteiger charge is -2.32. The molecule has 26 heavy (non-hydrogen) atoms. The van der Waals surface area contributed by atoms with E-state index in [4.69, 9.17) is 5.73 Å². The van der Waals surface area contributed by atoms with Crippen molar-refractivity contribution < 1.29 is 9.59 Å². The van der Waals surface area contributed by atoms with Crippen LogP contribution in [0.1, 0.15) is 32.1 Å². The molecule has 1 aliphatic heterocycles. The molecular weight excluding hydrogens is 370 g/mol. The van der Waals surface area contributed by atoms with E-state index < -0.39 is 0 Å². The molecule has 3 unspecified atom stereocenters. The zero-order valence-corrected chi connectivity index (χ0v) is 16.8. The SMILES string of the molecule is CSc1ccc(N2CC(C(=O)NC3CCCCC3CN)CC2=O)cc1.Cl. The van der Waals surface area contributed by atoms with E-state index in [1.165, 1.54) is 6.42 Å². The summed E-state index contributed by atoms with van der Waals surface area (Å²) >= 11 is 1.67. The Labute approximate surface area is 165 Å². The predicted octanol–water partition coefficient (Wildman–Crippen LogP) is 2.82. The second kappa shape index (κ2) is 9.62. The number of hydrogen-bond donors (Lipinski definition) is 2. The summed E-state index contributed by atoms with van der Waals surface area (Å²) < 4.78 is 0. The number of nitrogens with one attached hydrogen (secondary N) is 1. The zero-order valence-electron chi connectivity index (χ0n) is 15.1. The molecule has 1 aromatic carbocycles. The lowest BCUT2D eigenvalue weighted by Crippen LogP contribution is -2.47. The van der Waals surface area contributed by atoms with Crippen molar-refractivity contribution in [3.8, 4) is 0 Å². The summed E-state index contributed by atoms with van der Waals surface area (Å²) in [7, 11) is 0. The lowest BCUT2D eigenvalue weighted by molar-refractivity contribution is -0.127. The van der Waals surface area contributed by atoms with E-state index >= 15 is 0 Å². The highest BCUT2D eigenvalue weighted by molar-refractivity contribution is 7.98. The standard InChI is InChI=1S/C19H27N3O2S.ClH/c1-25-16-8-6-15(7-9-16)22-12-14(10-18(22)23)19(24)21-17-5-3-2-4-13(17)11-20;/h6-9,13-14,17H,2-5,10-12,20H2,1H3,(H,21,24);1H. The number of benzene rings is 1. The zero-order chi connectivity index (χ0) is 17.8. The number of amides is 2. The summed E-state index contributed by atoms with van der Waals surface area (Å²) in [4.78, 5) is 27.9. The van der Waals surface area contributed by atoms with Crippen molar-refractivity contribution in [2.24, 2.45) is 17.6 Å². The van der Waals surface area contributed by atoms with Gasteiger partial charge in [-0.05, 0) is 55.8 Å². The number of rotatable bonds is 5. The number of halogens is 1. The van der Waals surface area contributed by atoms with Crippen LogP contribution in [0.25, 0.3) is 0 Å². The molecule has 3 rings (SSSR count). The van der Waals surface area contributed by atoms with Gasteiger partial charge in [-0.3, -0.25) is 9.59 Å². The summed E-state index contributed by atoms with van der Waals surface area (Å²) in [5.41, 5.74) is 6.72. The van der Waals surface area contributed by atoms with Gasteiger partial charge in [0.15, 0.2) is 0 Å². The number of hydrogen-bond acceptors (Lipinski definition) is 4. The molecular formula is C19H28ClN3O2S. The Morgan fingerprint density at radius 2 is 1.96 bits per heavy atom. The number of thioether (sulfide) groups is 1. The molecule has 3 N–H and O–H groups in total. The quantitative estimate of drug-likeness (QED) is 0.749. The van der Waals surface area contributed by atoms with Crippen molar-refractivity contribution >= 4 is 41.7 Å². The van der Waals surface area contributed by atoms with Crippen LogP contribution in [-0.4, -0.2) is 37.2 Å². The van der Waals surface area contributed by atoms with Crippen LogP contribution in [0.3, 0.4) is 0 Å². The van der Waals surface area contributed by atoms with Crippen LogP contribution in [-0.2, 0) is 9.59 Å². The molecule has 3 atom stereocenters. The molecule has 0 bridgehead atoms. The first kappa shape index (κ1) is 21.1. The van der Waals surface area contributed by atoms with Gasteiger partial charge in [-0.15, -0.1) is 24.2 Å². The maximum Gasteiger partial charge on any atom is 0.227 e. The van der Waals surface area contributed by atoms with Gasteiger partial charge in [0.1, 0.15) is 0 Å². The Hall–Kier alpha value is -1.24. The summed E-state index contributed by atoms with van der Waals surface area (Å²) in [6.45, 7) is 1.08. The summed E-state index contributed by atoms with van der Waals surface area (Å²) in [6.07, 6.45) is 6.72. The Balaban J connectivity index is 0.00000243. The number of carbonyl (C=O) groups is 2. The summed E-state index contributed by atoms with van der Waals surface area (Å²) in [5.74, 6) is 0.121. The Morgan fingerprint density at radius 1 is 1.27 bits per heavy atom. The van der Waals surface area contributed by atoms with Gasteiger partial charge in [0.05, 0.1) is 5.92 Å². The first-order valence-electron chi connectivity index (χ1n) is 9.07. The van der Waals surface area contributed by atoms with E-state index in [1.807, 2.05) is 30.5 Å². The third-order valence-electron chi connectivity index (χ3n) is 5.42. The smallest absolute Gasteiger partial charge is 0.227 e. The van der Waals surface area contributed by atoms with Gasteiger partial charge >= 0.3 is 0 Å². The van der Waals surface area contributed by atoms with Gasteiger partial charge in [-0.2, -0.15) is 0 Å². The average molecular weight is 398 g/mol. The largest absolute Gasteiger partial charge is 0.353 e. The molecule has 2 amide bonds. The molecule has 2 fully saturated rings. The van der Waals surface area contributed by atoms with E-state index in [0.29, 0.717) is 19.0 Å². The van der Waals surface area contributed by atoms with Gasteiger partial charge in [0, 0.05) is 29.6 Å². The first-order valence-corrected chi connectivity index (χ1v) is 10.3. The van der Waals surface area contributed by atoms with E-state index in [1.54, 1.807) is 16.7 Å². The minimum absolute atomic E-state index is 0. The molecule has 7 heteroatoms. The van der Waals surface area contributed by atoms with E-state index in [0.717, 1.165) is 29.8 Å². The number of nitrogens with two attached hydrogens (primary N) is 1. The fraction of sp³-hybridized carbons (Fsp3) is 0.579. The molecule has 1 saturated heterocycles. The van der Waals surface area contributed by atoms with Gasteiger partial charge in [-0.1, -0.05) is 12.8 Å². The van der Waals surface area contributed by atoms with Gasteiger partial charge in [0.2, 0.25) is 11.8 Å². The minimum Gasteiger partial charge on any atom is -0.353 e. The van der Waals surface area contributed by atoms with Crippen LogP contribution in [0.4, 0.5) is 5.69 Å². The molecule has 144 valence electrons. The lowest BCUT2D eigenvalue weighted by atomic mass is 9.84. The summed E-state index contributed by atoms with van der Waals surface area (Å²) in [6, 6.07) is 8.09. The van der Waals surface area contributed by atoms with Crippen LogP contribution < -0.4 is 16.0 Å². The van der Waals surface area contributed by atoms with Crippen LogP contribution in [0, 0.1) is 11.8 Å². The van der Waals surface area contributed by atoms with E-state index in [9.17, 15) is 9.59 Å². The molecule has 0 aromatic heterocycles. The van der Waals surface area contributed by atoms with E-state index in [-0.39, 0.29) is 42.6 Å². The van der Waals surface area contributed by atoms with Gasteiger partial charge in [-0.25, -0.2) is 0 Å². The fourth-order valence-corrected chi connectivity index (χ4v) is 4.28. The Kier molecular flexibility index (Phi) is 7.80. The van der Waals surface area contributed by atoms with Crippen LogP contribution >= 0.6 is 24.2 Å². The normalized spacial score (nSPS) is 25.7. The van der Waals surface area contributed by atoms with Crippen LogP contribution in [0.2, 0.25) is 0 Å². The highest BCUT2D eigenvalue weighted by atomic mass is 35.5. The van der Waals surface area contributed by atoms with Crippen molar-refractivity contribution in [2.45, 2.75) is 43.0 Å². The Morgan fingerprint density at radius 3 is 2.62 bits per heavy atom. The maximum atomic E-state index is 12.7. The monoisotopic (exact) mass is 397 g/mol. The van der Waals surface area contributed by atoms with Crippen molar-refractivity contribution in [1.82, 2.24) is 5.32 Å². The number of nitrogens with zero attached hydrogens (tertiary/aromatic N) is 1. The molecule has 2 aliphatic rings. The first-order chi connectivity index (χ1) is 12.1. The summed E-state index contributed by atoms with van der Waals surface area (Å²) in [5, 5.41) is 3.17. The van der Waals surface area contributed by atoms with Crippen LogP contribution in [0.5, 0.6) is 0 Å². The average Bonchev–Trinajstić information content (AvgIpc) is 3.04. The van der Waals surface area contributed by atoms with Crippen molar-refractivity contribution in [1.29, 1.82) is 0 Å². The molecule has 0 radical (unpaired) electrons. The topological polar surface area (TPSA) is 75.4 Å². The Bertz CT molecular complexity index is 626.